The van der Waals surface area contributed by atoms with Crippen LogP contribution in [0.3, 0.4) is 0 Å². The lowest BCUT2D eigenvalue weighted by molar-refractivity contribution is 0.101. The van der Waals surface area contributed by atoms with Crippen LogP contribution in [0.4, 0.5) is 10.5 Å². The van der Waals surface area contributed by atoms with E-state index in [0.717, 1.165) is 0 Å². The van der Waals surface area contributed by atoms with Gasteiger partial charge in [-0.3, -0.25) is 4.79 Å². The summed E-state index contributed by atoms with van der Waals surface area (Å²) in [6.07, 6.45) is 0.664. The van der Waals surface area contributed by atoms with E-state index in [9.17, 15) is 9.59 Å². The fourth-order valence-corrected chi connectivity index (χ4v) is 2.21. The van der Waals surface area contributed by atoms with E-state index in [-0.39, 0.29) is 18.4 Å². The number of benzene rings is 1. The summed E-state index contributed by atoms with van der Waals surface area (Å²) in [5.41, 5.74) is 0.919. The smallest absolute Gasteiger partial charge is 0.322 e. The van der Waals surface area contributed by atoms with Gasteiger partial charge in [0.2, 0.25) is 5.89 Å². The number of anilines is 1. The normalized spacial score (nSPS) is 10.4. The Morgan fingerprint density at radius 2 is 2.08 bits per heavy atom. The first-order valence-corrected chi connectivity index (χ1v) is 8.04. The van der Waals surface area contributed by atoms with Gasteiger partial charge >= 0.3 is 6.03 Å². The molecule has 134 valence electrons. The number of ether oxygens (including phenoxy) is 1. The van der Waals surface area contributed by atoms with Gasteiger partial charge in [-0.05, 0) is 32.0 Å². The fourth-order valence-electron chi connectivity index (χ4n) is 2.21. The average molecular weight is 346 g/mol. The molecule has 0 radical (unpaired) electrons. The van der Waals surface area contributed by atoms with E-state index in [1.54, 1.807) is 18.2 Å². The highest BCUT2D eigenvalue weighted by Crippen LogP contribution is 2.26. The standard InChI is InChI=1S/C17H22N4O4/c1-5-15-19-16(25-20-15)10-21(6-2)17(23)18-13-9-12(11(3)22)7-8-14(13)24-4/h7-9H,5-6,10H2,1-4H3,(H,18,23). The van der Waals surface area contributed by atoms with Crippen molar-refractivity contribution in [3.63, 3.8) is 0 Å². The first kappa shape index (κ1) is 18.4. The van der Waals surface area contributed by atoms with Gasteiger partial charge in [-0.15, -0.1) is 0 Å². The maximum atomic E-state index is 12.6. The number of nitrogens with zero attached hydrogens (tertiary/aromatic N) is 3. The summed E-state index contributed by atoms with van der Waals surface area (Å²) in [6, 6.07) is 4.54. The molecule has 1 N–H and O–H groups in total. The van der Waals surface area contributed by atoms with Crippen LogP contribution in [0.1, 0.15) is 42.8 Å². The largest absolute Gasteiger partial charge is 0.495 e. The molecular formula is C17H22N4O4. The number of hydrogen-bond donors (Lipinski definition) is 1. The molecule has 0 aliphatic heterocycles. The molecule has 1 heterocycles. The molecule has 2 rings (SSSR count). The van der Waals surface area contributed by atoms with Gasteiger partial charge in [-0.1, -0.05) is 12.1 Å². The molecule has 0 spiro atoms. The zero-order valence-electron chi connectivity index (χ0n) is 14.8. The SMILES string of the molecule is CCc1noc(CN(CC)C(=O)Nc2cc(C(C)=O)ccc2OC)n1. The Balaban J connectivity index is 2.15. The maximum Gasteiger partial charge on any atom is 0.322 e. The van der Waals surface area contributed by atoms with Crippen LogP contribution in [0.2, 0.25) is 0 Å². The van der Waals surface area contributed by atoms with Gasteiger partial charge in [0.05, 0.1) is 12.8 Å². The van der Waals surface area contributed by atoms with Crippen molar-refractivity contribution in [2.75, 3.05) is 19.0 Å². The number of nitrogens with one attached hydrogen (secondary N) is 1. The number of carbonyl (C=O) groups excluding carboxylic acids is 2. The van der Waals surface area contributed by atoms with Crippen molar-refractivity contribution in [2.45, 2.75) is 33.7 Å². The molecule has 0 saturated carbocycles. The van der Waals surface area contributed by atoms with Crippen LogP contribution >= 0.6 is 0 Å². The van der Waals surface area contributed by atoms with E-state index in [1.807, 2.05) is 13.8 Å². The van der Waals surface area contributed by atoms with Crippen LogP contribution in [0.15, 0.2) is 22.7 Å². The van der Waals surface area contributed by atoms with Gasteiger partial charge in [0.1, 0.15) is 12.3 Å². The summed E-state index contributed by atoms with van der Waals surface area (Å²) >= 11 is 0. The van der Waals surface area contributed by atoms with E-state index in [2.05, 4.69) is 15.5 Å². The van der Waals surface area contributed by atoms with Crippen molar-refractivity contribution in [1.29, 1.82) is 0 Å². The molecule has 0 fully saturated rings. The number of carbonyl (C=O) groups is 2. The predicted molar refractivity (Wildman–Crippen MR) is 91.8 cm³/mol. The van der Waals surface area contributed by atoms with Crippen molar-refractivity contribution in [1.82, 2.24) is 15.0 Å². The molecule has 0 bridgehead atoms. The van der Waals surface area contributed by atoms with Crippen LogP contribution in [0.25, 0.3) is 0 Å². The van der Waals surface area contributed by atoms with Gasteiger partial charge in [0.15, 0.2) is 11.6 Å². The lowest BCUT2D eigenvalue weighted by Crippen LogP contribution is -2.34. The van der Waals surface area contributed by atoms with Crippen molar-refractivity contribution in [2.24, 2.45) is 0 Å². The number of urea groups is 1. The molecule has 0 unspecified atom stereocenters. The third-order valence-electron chi connectivity index (χ3n) is 3.67. The first-order chi connectivity index (χ1) is 12.0. The Labute approximate surface area is 146 Å². The molecule has 0 atom stereocenters. The Morgan fingerprint density at radius 3 is 2.64 bits per heavy atom. The second-order valence-corrected chi connectivity index (χ2v) is 5.37. The zero-order valence-corrected chi connectivity index (χ0v) is 14.8. The third-order valence-corrected chi connectivity index (χ3v) is 3.67. The Morgan fingerprint density at radius 1 is 1.32 bits per heavy atom. The molecule has 1 aromatic carbocycles. The lowest BCUT2D eigenvalue weighted by atomic mass is 10.1. The minimum atomic E-state index is -0.349. The van der Waals surface area contributed by atoms with Gasteiger partial charge in [-0.2, -0.15) is 4.98 Å². The van der Waals surface area contributed by atoms with Crippen molar-refractivity contribution < 1.29 is 18.8 Å². The zero-order chi connectivity index (χ0) is 18.4. The average Bonchev–Trinajstić information content (AvgIpc) is 3.07. The Bertz CT molecular complexity index is 757. The van der Waals surface area contributed by atoms with Crippen LogP contribution in [0.5, 0.6) is 5.75 Å². The lowest BCUT2D eigenvalue weighted by Gasteiger charge is -2.20. The van der Waals surface area contributed by atoms with Crippen LogP contribution < -0.4 is 10.1 Å². The molecule has 2 aromatic rings. The van der Waals surface area contributed by atoms with Crippen LogP contribution in [-0.2, 0) is 13.0 Å². The van der Waals surface area contributed by atoms with Crippen LogP contribution in [0, 0.1) is 0 Å². The summed E-state index contributed by atoms with van der Waals surface area (Å²) < 4.78 is 10.4. The maximum absolute atomic E-state index is 12.6. The van der Waals surface area contributed by atoms with Gasteiger partial charge in [-0.25, -0.2) is 4.79 Å². The Hall–Kier alpha value is -2.90. The number of aromatic nitrogens is 2. The molecule has 0 aliphatic rings. The summed E-state index contributed by atoms with van der Waals surface area (Å²) in [5.74, 6) is 1.35. The monoisotopic (exact) mass is 346 g/mol. The molecule has 8 heteroatoms. The number of Topliss-reactive ketones (excluding diaryl/α,β-unsaturated/α-hetero) is 1. The van der Waals surface area contributed by atoms with E-state index in [1.165, 1.54) is 18.9 Å². The molecule has 1 aromatic heterocycles. The fraction of sp³-hybridized carbons (Fsp3) is 0.412. The molecule has 2 amide bonds. The number of methoxy groups -OCH3 is 1. The number of amides is 2. The predicted octanol–water partition coefficient (Wildman–Crippen LogP) is 2.90. The molecule has 0 saturated heterocycles. The summed E-state index contributed by atoms with van der Waals surface area (Å²) in [5, 5.41) is 6.59. The molecule has 0 aliphatic carbocycles. The topological polar surface area (TPSA) is 97.6 Å². The van der Waals surface area contributed by atoms with E-state index in [4.69, 9.17) is 9.26 Å². The van der Waals surface area contributed by atoms with Crippen molar-refractivity contribution in [3.8, 4) is 5.75 Å². The molecule has 25 heavy (non-hydrogen) atoms. The van der Waals surface area contributed by atoms with Gasteiger partial charge in [0, 0.05) is 18.5 Å². The number of ketones is 1. The first-order valence-electron chi connectivity index (χ1n) is 8.04. The van der Waals surface area contributed by atoms with E-state index >= 15 is 0 Å². The van der Waals surface area contributed by atoms with Gasteiger partial charge < -0.3 is 19.5 Å². The number of rotatable bonds is 7. The second-order valence-electron chi connectivity index (χ2n) is 5.37. The Kier molecular flexibility index (Phi) is 6.10. The van der Waals surface area contributed by atoms with E-state index in [0.29, 0.717) is 41.7 Å². The molecular weight excluding hydrogens is 324 g/mol. The summed E-state index contributed by atoms with van der Waals surface area (Å²) in [7, 11) is 1.50. The van der Waals surface area contributed by atoms with Crippen LogP contribution in [-0.4, -0.2) is 40.5 Å². The minimum Gasteiger partial charge on any atom is -0.495 e. The summed E-state index contributed by atoms with van der Waals surface area (Å²) in [6.45, 7) is 5.88. The van der Waals surface area contributed by atoms with Crippen molar-refractivity contribution >= 4 is 17.5 Å². The number of hydrogen-bond acceptors (Lipinski definition) is 6. The highest BCUT2D eigenvalue weighted by Gasteiger charge is 2.18. The second kappa shape index (κ2) is 8.27. The summed E-state index contributed by atoms with van der Waals surface area (Å²) in [4.78, 5) is 29.8. The number of aryl methyl sites for hydroxylation is 1. The van der Waals surface area contributed by atoms with E-state index < -0.39 is 0 Å². The quantitative estimate of drug-likeness (QED) is 0.774. The third kappa shape index (κ3) is 4.56. The van der Waals surface area contributed by atoms with Crippen molar-refractivity contribution in [3.05, 3.63) is 35.5 Å². The minimum absolute atomic E-state index is 0.0940. The highest BCUT2D eigenvalue weighted by atomic mass is 16.5. The highest BCUT2D eigenvalue weighted by molar-refractivity contribution is 5.97. The van der Waals surface area contributed by atoms with Gasteiger partial charge in [0.25, 0.3) is 0 Å². The molecule has 8 nitrogen and oxygen atoms in total.